The first-order valence-corrected chi connectivity index (χ1v) is 11.8. The topological polar surface area (TPSA) is 52.7 Å². The number of hydrogen-bond donors (Lipinski definition) is 1. The minimum absolute atomic E-state index is 0.740. The number of rotatable bonds is 8. The Balaban J connectivity index is 1.72. The monoisotopic (exact) mass is 479 g/mol. The molecule has 0 aliphatic carbocycles. The lowest BCUT2D eigenvalue weighted by Crippen LogP contribution is -1.92. The van der Waals surface area contributed by atoms with Crippen LogP contribution >= 0.6 is 0 Å². The fraction of sp³-hybridized carbons (Fsp3) is 0.161. The summed E-state index contributed by atoms with van der Waals surface area (Å²) in [6.07, 6.45) is 0.740. The maximum atomic E-state index is 5.81. The van der Waals surface area contributed by atoms with Crippen molar-refractivity contribution < 1.29 is 18.9 Å². The fourth-order valence-electron chi connectivity index (χ4n) is 4.68. The van der Waals surface area contributed by atoms with Crippen LogP contribution in [0, 0.1) is 0 Å². The number of fused-ring (bicyclic) bond motifs is 1. The second-order valence-electron chi connectivity index (χ2n) is 8.53. The molecule has 0 saturated heterocycles. The molecule has 0 fully saturated rings. The molecule has 0 atom stereocenters. The largest absolute Gasteiger partial charge is 0.497 e. The Bertz CT molecular complexity index is 1470. The Morgan fingerprint density at radius 2 is 1.03 bits per heavy atom. The minimum Gasteiger partial charge on any atom is -0.497 e. The maximum absolute atomic E-state index is 5.81. The van der Waals surface area contributed by atoms with Crippen LogP contribution in [0.2, 0.25) is 0 Å². The third-order valence-corrected chi connectivity index (χ3v) is 6.53. The molecule has 0 aliphatic rings. The molecule has 0 spiro atoms. The Morgan fingerprint density at radius 3 is 1.53 bits per heavy atom. The van der Waals surface area contributed by atoms with Gasteiger partial charge in [0.1, 0.15) is 23.0 Å². The SMILES string of the molecule is COc1ccc(Cc2[nH]c3c(-c4ccc(OC)cc4)c(OC)ccc3c2-c2ccc(OC)cc2)cc1. The van der Waals surface area contributed by atoms with Crippen LogP contribution in [0.15, 0.2) is 84.9 Å². The summed E-state index contributed by atoms with van der Waals surface area (Å²) in [4.78, 5) is 3.77. The van der Waals surface area contributed by atoms with Crippen molar-refractivity contribution in [2.24, 2.45) is 0 Å². The summed E-state index contributed by atoms with van der Waals surface area (Å²) in [6, 6.07) is 28.7. The second-order valence-corrected chi connectivity index (χ2v) is 8.53. The van der Waals surface area contributed by atoms with E-state index >= 15 is 0 Å². The van der Waals surface area contributed by atoms with Crippen LogP contribution in [0.1, 0.15) is 11.3 Å². The summed E-state index contributed by atoms with van der Waals surface area (Å²) in [6.45, 7) is 0. The lowest BCUT2D eigenvalue weighted by Gasteiger charge is -2.11. The van der Waals surface area contributed by atoms with Crippen LogP contribution in [0.5, 0.6) is 23.0 Å². The van der Waals surface area contributed by atoms with Crippen LogP contribution in [0.3, 0.4) is 0 Å². The molecule has 5 heteroatoms. The number of H-pyrrole nitrogens is 1. The summed E-state index contributed by atoms with van der Waals surface area (Å²) in [7, 11) is 6.75. The van der Waals surface area contributed by atoms with E-state index in [1.165, 1.54) is 11.1 Å². The molecule has 0 amide bonds. The number of methoxy groups -OCH3 is 4. The number of hydrogen-bond acceptors (Lipinski definition) is 4. The summed E-state index contributed by atoms with van der Waals surface area (Å²) in [5.74, 6) is 3.30. The van der Waals surface area contributed by atoms with Gasteiger partial charge in [-0.25, -0.2) is 0 Å². The lowest BCUT2D eigenvalue weighted by molar-refractivity contribution is 0.414. The van der Waals surface area contributed by atoms with Gasteiger partial charge in [-0.15, -0.1) is 0 Å². The van der Waals surface area contributed by atoms with Gasteiger partial charge in [0, 0.05) is 28.6 Å². The van der Waals surface area contributed by atoms with Crippen molar-refractivity contribution in [1.82, 2.24) is 4.98 Å². The third kappa shape index (κ3) is 4.36. The third-order valence-electron chi connectivity index (χ3n) is 6.53. The predicted molar refractivity (Wildman–Crippen MR) is 145 cm³/mol. The number of aromatic amines is 1. The highest BCUT2D eigenvalue weighted by molar-refractivity contribution is 6.06. The molecule has 36 heavy (non-hydrogen) atoms. The highest BCUT2D eigenvalue weighted by atomic mass is 16.5. The van der Waals surface area contributed by atoms with E-state index in [0.717, 1.165) is 62.7 Å². The normalized spacial score (nSPS) is 10.9. The van der Waals surface area contributed by atoms with Gasteiger partial charge in [-0.1, -0.05) is 36.4 Å². The summed E-state index contributed by atoms with van der Waals surface area (Å²) in [5.41, 5.74) is 7.72. The molecule has 4 aromatic carbocycles. The van der Waals surface area contributed by atoms with Gasteiger partial charge in [-0.3, -0.25) is 0 Å². The van der Waals surface area contributed by atoms with Crippen LogP contribution in [-0.4, -0.2) is 33.4 Å². The van der Waals surface area contributed by atoms with E-state index in [9.17, 15) is 0 Å². The molecule has 0 aliphatic heterocycles. The molecule has 182 valence electrons. The molecular weight excluding hydrogens is 450 g/mol. The molecule has 1 N–H and O–H groups in total. The predicted octanol–water partition coefficient (Wildman–Crippen LogP) is 7.13. The van der Waals surface area contributed by atoms with Gasteiger partial charge >= 0.3 is 0 Å². The van der Waals surface area contributed by atoms with Crippen LogP contribution < -0.4 is 18.9 Å². The van der Waals surface area contributed by atoms with Crippen LogP contribution in [0.4, 0.5) is 0 Å². The number of benzene rings is 4. The van der Waals surface area contributed by atoms with Crippen LogP contribution in [0.25, 0.3) is 33.2 Å². The van der Waals surface area contributed by atoms with Gasteiger partial charge in [-0.05, 0) is 65.2 Å². The number of ether oxygens (including phenoxy) is 4. The number of nitrogens with one attached hydrogen (secondary N) is 1. The maximum Gasteiger partial charge on any atom is 0.128 e. The molecule has 5 aromatic rings. The van der Waals surface area contributed by atoms with Gasteiger partial charge in [0.05, 0.1) is 34.0 Å². The molecule has 5 nitrogen and oxygen atoms in total. The first-order chi connectivity index (χ1) is 17.6. The zero-order valence-corrected chi connectivity index (χ0v) is 20.9. The molecule has 1 aromatic heterocycles. The molecule has 0 saturated carbocycles. The van der Waals surface area contributed by atoms with Crippen molar-refractivity contribution >= 4 is 10.9 Å². The Labute approximate surface area is 211 Å². The van der Waals surface area contributed by atoms with E-state index in [4.69, 9.17) is 18.9 Å². The highest BCUT2D eigenvalue weighted by Crippen LogP contribution is 2.43. The Hall–Kier alpha value is -4.38. The smallest absolute Gasteiger partial charge is 0.128 e. The van der Waals surface area contributed by atoms with Gasteiger partial charge in [0.15, 0.2) is 0 Å². The summed E-state index contributed by atoms with van der Waals surface area (Å²) >= 11 is 0. The summed E-state index contributed by atoms with van der Waals surface area (Å²) < 4.78 is 21.9. The highest BCUT2D eigenvalue weighted by Gasteiger charge is 2.20. The number of aromatic nitrogens is 1. The van der Waals surface area contributed by atoms with Gasteiger partial charge in [0.25, 0.3) is 0 Å². The first kappa shape index (κ1) is 23.4. The standard InChI is InChI=1S/C31H29NO4/c1-33-23-11-5-20(6-12-23)19-27-29(21-7-13-24(34-2)14-8-21)26-17-18-28(36-4)30(31(26)32-27)22-9-15-25(35-3)16-10-22/h5-18,32H,19H2,1-4H3. The second kappa shape index (κ2) is 10.1. The lowest BCUT2D eigenvalue weighted by atomic mass is 9.96. The first-order valence-electron chi connectivity index (χ1n) is 11.8. The quantitative estimate of drug-likeness (QED) is 0.257. The van der Waals surface area contributed by atoms with E-state index in [1.807, 2.05) is 42.5 Å². The molecule has 0 bridgehead atoms. The zero-order chi connectivity index (χ0) is 25.1. The molecule has 1 heterocycles. The molecule has 0 radical (unpaired) electrons. The van der Waals surface area contributed by atoms with Gasteiger partial charge in [0.2, 0.25) is 0 Å². The Kier molecular flexibility index (Phi) is 6.54. The van der Waals surface area contributed by atoms with Gasteiger partial charge in [-0.2, -0.15) is 0 Å². The summed E-state index contributed by atoms with van der Waals surface area (Å²) in [5, 5.41) is 1.13. The van der Waals surface area contributed by atoms with Crippen molar-refractivity contribution in [3.63, 3.8) is 0 Å². The van der Waals surface area contributed by atoms with E-state index < -0.39 is 0 Å². The fourth-order valence-corrected chi connectivity index (χ4v) is 4.68. The molecule has 5 rings (SSSR count). The van der Waals surface area contributed by atoms with Gasteiger partial charge < -0.3 is 23.9 Å². The minimum atomic E-state index is 0.740. The van der Waals surface area contributed by atoms with E-state index in [1.54, 1.807) is 28.4 Å². The van der Waals surface area contributed by atoms with Crippen LogP contribution in [-0.2, 0) is 6.42 Å². The van der Waals surface area contributed by atoms with Crippen molar-refractivity contribution in [3.05, 3.63) is 96.2 Å². The molecular formula is C31H29NO4. The van der Waals surface area contributed by atoms with Crippen molar-refractivity contribution in [1.29, 1.82) is 0 Å². The van der Waals surface area contributed by atoms with E-state index in [0.29, 0.717) is 0 Å². The van der Waals surface area contributed by atoms with E-state index in [-0.39, 0.29) is 0 Å². The van der Waals surface area contributed by atoms with Crippen molar-refractivity contribution in [2.75, 3.05) is 28.4 Å². The average Bonchev–Trinajstić information content (AvgIpc) is 3.30. The Morgan fingerprint density at radius 1 is 0.528 bits per heavy atom. The van der Waals surface area contributed by atoms with E-state index in [2.05, 4.69) is 47.4 Å². The van der Waals surface area contributed by atoms with Crippen molar-refractivity contribution in [3.8, 4) is 45.3 Å². The zero-order valence-electron chi connectivity index (χ0n) is 20.9. The van der Waals surface area contributed by atoms with Crippen molar-refractivity contribution in [2.45, 2.75) is 6.42 Å². The average molecular weight is 480 g/mol. The molecule has 0 unspecified atom stereocenters.